The summed E-state index contributed by atoms with van der Waals surface area (Å²) in [5.41, 5.74) is 1.08. The van der Waals surface area contributed by atoms with Gasteiger partial charge in [0.15, 0.2) is 0 Å². The summed E-state index contributed by atoms with van der Waals surface area (Å²) in [4.78, 5) is 13.9. The zero-order valence-corrected chi connectivity index (χ0v) is 11.8. The number of rotatable bonds is 6. The van der Waals surface area contributed by atoms with E-state index in [-0.39, 0.29) is 5.91 Å². The first-order chi connectivity index (χ1) is 9.34. The lowest BCUT2D eigenvalue weighted by atomic mass is 10.3. The molecular weight excluding hydrogens is 260 g/mol. The maximum absolute atomic E-state index is 11.6. The zero-order valence-electron chi connectivity index (χ0n) is 11.0. The van der Waals surface area contributed by atoms with Crippen LogP contribution in [0.25, 0.3) is 6.08 Å². The molecule has 1 saturated heterocycles. The van der Waals surface area contributed by atoms with Crippen molar-refractivity contribution in [3.05, 3.63) is 28.5 Å². The van der Waals surface area contributed by atoms with Crippen LogP contribution in [0.2, 0.25) is 0 Å². The Morgan fingerprint density at radius 1 is 1.47 bits per heavy atom. The molecule has 104 valence electrons. The molecule has 1 amide bonds. The molecule has 0 saturated carbocycles. The largest absolute Gasteiger partial charge is 0.379 e. The summed E-state index contributed by atoms with van der Waals surface area (Å²) < 4.78 is 5.29. The van der Waals surface area contributed by atoms with Crippen LogP contribution in [0.3, 0.4) is 0 Å². The van der Waals surface area contributed by atoms with Crippen LogP contribution < -0.4 is 5.32 Å². The Morgan fingerprint density at radius 3 is 3.05 bits per heavy atom. The fourth-order valence-electron chi connectivity index (χ4n) is 1.94. The quantitative estimate of drug-likeness (QED) is 0.636. The lowest BCUT2D eigenvalue weighted by molar-refractivity contribution is -0.116. The summed E-state index contributed by atoms with van der Waals surface area (Å²) in [5, 5.41) is 6.92. The molecule has 19 heavy (non-hydrogen) atoms. The topological polar surface area (TPSA) is 41.6 Å². The van der Waals surface area contributed by atoms with Gasteiger partial charge >= 0.3 is 0 Å². The Bertz CT molecular complexity index is 398. The highest BCUT2D eigenvalue weighted by atomic mass is 32.1. The van der Waals surface area contributed by atoms with Crippen LogP contribution in [0.1, 0.15) is 12.0 Å². The number of thiophene rings is 1. The maximum Gasteiger partial charge on any atom is 0.244 e. The average molecular weight is 280 g/mol. The summed E-state index contributed by atoms with van der Waals surface area (Å²) in [6.07, 6.45) is 4.42. The molecule has 2 rings (SSSR count). The fourth-order valence-corrected chi connectivity index (χ4v) is 2.57. The minimum absolute atomic E-state index is 0.0202. The molecular formula is C14H20N2O2S. The van der Waals surface area contributed by atoms with Crippen molar-refractivity contribution in [3.8, 4) is 0 Å². The first kappa shape index (κ1) is 14.2. The van der Waals surface area contributed by atoms with Gasteiger partial charge in [0.2, 0.25) is 5.91 Å². The SMILES string of the molecule is O=C(/C=C/c1ccsc1)NCCCN1CCOCC1. The molecule has 0 aromatic carbocycles. The monoisotopic (exact) mass is 280 g/mol. The third-order valence-corrected chi connectivity index (χ3v) is 3.73. The molecule has 0 atom stereocenters. The second-order valence-electron chi connectivity index (χ2n) is 4.49. The first-order valence-electron chi connectivity index (χ1n) is 6.63. The number of morpholine rings is 1. The molecule has 1 aromatic rings. The van der Waals surface area contributed by atoms with Crippen molar-refractivity contribution in [2.24, 2.45) is 0 Å². The number of amides is 1. The van der Waals surface area contributed by atoms with Crippen molar-refractivity contribution >= 4 is 23.3 Å². The van der Waals surface area contributed by atoms with Crippen LogP contribution in [-0.2, 0) is 9.53 Å². The summed E-state index contributed by atoms with van der Waals surface area (Å²) in [7, 11) is 0. The number of hydrogen-bond acceptors (Lipinski definition) is 4. The van der Waals surface area contributed by atoms with Crippen LogP contribution in [0.5, 0.6) is 0 Å². The molecule has 4 nitrogen and oxygen atoms in total. The van der Waals surface area contributed by atoms with Gasteiger partial charge in [-0.3, -0.25) is 9.69 Å². The lowest BCUT2D eigenvalue weighted by Crippen LogP contribution is -2.38. The molecule has 1 fully saturated rings. The molecule has 1 aliphatic rings. The van der Waals surface area contributed by atoms with E-state index >= 15 is 0 Å². The van der Waals surface area contributed by atoms with Gasteiger partial charge in [0.05, 0.1) is 13.2 Å². The van der Waals surface area contributed by atoms with Crippen molar-refractivity contribution < 1.29 is 9.53 Å². The molecule has 0 aliphatic carbocycles. The summed E-state index contributed by atoms with van der Waals surface area (Å²) in [6.45, 7) is 5.42. The standard InChI is InChI=1S/C14H20N2O2S/c17-14(3-2-13-4-11-19-12-13)15-5-1-6-16-7-9-18-10-8-16/h2-4,11-12H,1,5-10H2,(H,15,17)/b3-2+. The second-order valence-corrected chi connectivity index (χ2v) is 5.27. The first-order valence-corrected chi connectivity index (χ1v) is 7.57. The highest BCUT2D eigenvalue weighted by Crippen LogP contribution is 2.07. The molecule has 0 radical (unpaired) electrons. The molecule has 0 bridgehead atoms. The van der Waals surface area contributed by atoms with E-state index in [1.807, 2.05) is 22.9 Å². The third-order valence-electron chi connectivity index (χ3n) is 3.02. The highest BCUT2D eigenvalue weighted by molar-refractivity contribution is 7.08. The Balaban J connectivity index is 1.56. The van der Waals surface area contributed by atoms with E-state index in [0.29, 0.717) is 0 Å². The Labute approximate surface area is 118 Å². The van der Waals surface area contributed by atoms with E-state index < -0.39 is 0 Å². The van der Waals surface area contributed by atoms with E-state index in [1.165, 1.54) is 0 Å². The Hall–Kier alpha value is -1.17. The predicted molar refractivity (Wildman–Crippen MR) is 78.2 cm³/mol. The van der Waals surface area contributed by atoms with Crippen LogP contribution in [0.4, 0.5) is 0 Å². The van der Waals surface area contributed by atoms with Crippen LogP contribution in [0, 0.1) is 0 Å². The van der Waals surface area contributed by atoms with Gasteiger partial charge in [0.25, 0.3) is 0 Å². The number of nitrogens with zero attached hydrogens (tertiary/aromatic N) is 1. The molecule has 0 unspecified atom stereocenters. The predicted octanol–water partition coefficient (Wildman–Crippen LogP) is 1.60. The maximum atomic E-state index is 11.6. The summed E-state index contributed by atoms with van der Waals surface area (Å²) >= 11 is 1.63. The van der Waals surface area contributed by atoms with Crippen molar-refractivity contribution in [3.63, 3.8) is 0 Å². The van der Waals surface area contributed by atoms with Crippen molar-refractivity contribution in [1.29, 1.82) is 0 Å². The van der Waals surface area contributed by atoms with Gasteiger partial charge in [-0.05, 0) is 41.4 Å². The normalized spacial score (nSPS) is 16.8. The van der Waals surface area contributed by atoms with Crippen molar-refractivity contribution in [2.45, 2.75) is 6.42 Å². The van der Waals surface area contributed by atoms with Gasteiger partial charge in [-0.1, -0.05) is 0 Å². The molecule has 1 N–H and O–H groups in total. The minimum Gasteiger partial charge on any atom is -0.379 e. The van der Waals surface area contributed by atoms with Crippen molar-refractivity contribution in [2.75, 3.05) is 39.4 Å². The van der Waals surface area contributed by atoms with Crippen LogP contribution >= 0.6 is 11.3 Å². The van der Waals surface area contributed by atoms with E-state index in [0.717, 1.165) is 51.4 Å². The van der Waals surface area contributed by atoms with Gasteiger partial charge in [0.1, 0.15) is 0 Å². The van der Waals surface area contributed by atoms with Crippen molar-refractivity contribution in [1.82, 2.24) is 10.2 Å². The van der Waals surface area contributed by atoms with Gasteiger partial charge in [-0.25, -0.2) is 0 Å². The van der Waals surface area contributed by atoms with E-state index in [4.69, 9.17) is 4.74 Å². The van der Waals surface area contributed by atoms with E-state index in [9.17, 15) is 4.79 Å². The molecule has 1 aromatic heterocycles. The van der Waals surface area contributed by atoms with Gasteiger partial charge in [-0.15, -0.1) is 0 Å². The summed E-state index contributed by atoms with van der Waals surface area (Å²) in [5.74, 6) is -0.0202. The average Bonchev–Trinajstić information content (AvgIpc) is 2.96. The number of hydrogen-bond donors (Lipinski definition) is 1. The van der Waals surface area contributed by atoms with Gasteiger partial charge < -0.3 is 10.1 Å². The Kier molecular flexibility index (Phi) is 6.07. The molecule has 5 heteroatoms. The van der Waals surface area contributed by atoms with Gasteiger partial charge in [0, 0.05) is 25.7 Å². The fraction of sp³-hybridized carbons (Fsp3) is 0.500. The minimum atomic E-state index is -0.0202. The smallest absolute Gasteiger partial charge is 0.244 e. The van der Waals surface area contributed by atoms with Crippen LogP contribution in [0.15, 0.2) is 22.9 Å². The number of nitrogens with one attached hydrogen (secondary N) is 1. The van der Waals surface area contributed by atoms with E-state index in [2.05, 4.69) is 10.2 Å². The van der Waals surface area contributed by atoms with Gasteiger partial charge in [-0.2, -0.15) is 11.3 Å². The number of carbonyl (C=O) groups is 1. The van der Waals surface area contributed by atoms with Crippen LogP contribution in [-0.4, -0.2) is 50.2 Å². The number of ether oxygens (including phenoxy) is 1. The molecule has 0 spiro atoms. The third kappa shape index (κ3) is 5.55. The lowest BCUT2D eigenvalue weighted by Gasteiger charge is -2.26. The number of carbonyl (C=O) groups excluding carboxylic acids is 1. The summed E-state index contributed by atoms with van der Waals surface area (Å²) in [6, 6.07) is 1.99. The molecule has 2 heterocycles. The second kappa shape index (κ2) is 8.09. The zero-order chi connectivity index (χ0) is 13.3. The highest BCUT2D eigenvalue weighted by Gasteiger charge is 2.09. The van der Waals surface area contributed by atoms with E-state index in [1.54, 1.807) is 17.4 Å². The molecule has 1 aliphatic heterocycles. The Morgan fingerprint density at radius 2 is 2.32 bits per heavy atom.